The Morgan fingerprint density at radius 2 is 1.84 bits per heavy atom. The number of methoxy groups -OCH3 is 1. The van der Waals surface area contributed by atoms with Gasteiger partial charge >= 0.3 is 5.97 Å². The third-order valence-electron chi connectivity index (χ3n) is 4.01. The Hall–Kier alpha value is -3.31. The molecule has 2 rings (SSSR count). The maximum absolute atomic E-state index is 12.6. The number of carbonyl (C=O) groups excluding carboxylic acids is 3. The van der Waals surface area contributed by atoms with Crippen molar-refractivity contribution in [1.29, 1.82) is 0 Å². The van der Waals surface area contributed by atoms with Gasteiger partial charge in [-0.2, -0.15) is 0 Å². The molecular formula is C20H23N3O7S. The zero-order valence-electron chi connectivity index (χ0n) is 17.1. The van der Waals surface area contributed by atoms with Crippen molar-refractivity contribution in [1.82, 2.24) is 15.0 Å². The fourth-order valence-electron chi connectivity index (χ4n) is 2.42. The number of rotatable bonds is 10. The SMILES string of the molecule is CCOCCCNC(=O)c1cccc(S(=O)(=O)NC(=O)c2ccc(C(=O)OC)nc2)c1. The van der Waals surface area contributed by atoms with Crippen LogP contribution in [0.5, 0.6) is 0 Å². The zero-order chi connectivity index (χ0) is 22.9. The lowest BCUT2D eigenvalue weighted by Gasteiger charge is -2.09. The van der Waals surface area contributed by atoms with Gasteiger partial charge in [-0.3, -0.25) is 9.59 Å². The molecule has 10 nitrogen and oxygen atoms in total. The Balaban J connectivity index is 2.06. The molecular weight excluding hydrogens is 426 g/mol. The summed E-state index contributed by atoms with van der Waals surface area (Å²) in [6.07, 6.45) is 1.68. The number of nitrogens with zero attached hydrogens (tertiary/aromatic N) is 1. The van der Waals surface area contributed by atoms with Crippen LogP contribution in [0.25, 0.3) is 0 Å². The summed E-state index contributed by atoms with van der Waals surface area (Å²) in [5.74, 6) is -2.07. The monoisotopic (exact) mass is 449 g/mol. The molecule has 0 saturated carbocycles. The number of esters is 1. The molecule has 1 aromatic carbocycles. The van der Waals surface area contributed by atoms with Crippen LogP contribution in [-0.4, -0.2) is 58.1 Å². The highest BCUT2D eigenvalue weighted by Gasteiger charge is 2.21. The molecule has 0 atom stereocenters. The molecule has 11 heteroatoms. The van der Waals surface area contributed by atoms with Gasteiger partial charge in [0.1, 0.15) is 5.69 Å². The van der Waals surface area contributed by atoms with E-state index in [1.165, 1.54) is 43.5 Å². The molecule has 0 saturated heterocycles. The van der Waals surface area contributed by atoms with Crippen LogP contribution >= 0.6 is 0 Å². The summed E-state index contributed by atoms with van der Waals surface area (Å²) in [5.41, 5.74) is 0.0390. The Bertz CT molecular complexity index is 1040. The van der Waals surface area contributed by atoms with Crippen molar-refractivity contribution < 1.29 is 32.3 Å². The molecule has 1 heterocycles. The number of nitrogens with one attached hydrogen (secondary N) is 2. The molecule has 166 valence electrons. The lowest BCUT2D eigenvalue weighted by molar-refractivity contribution is 0.0593. The minimum absolute atomic E-state index is 0.0260. The first kappa shape index (κ1) is 24.0. The first-order chi connectivity index (χ1) is 14.8. The van der Waals surface area contributed by atoms with Crippen molar-refractivity contribution >= 4 is 27.8 Å². The van der Waals surface area contributed by atoms with E-state index in [-0.39, 0.29) is 21.7 Å². The van der Waals surface area contributed by atoms with Crippen LogP contribution < -0.4 is 10.0 Å². The van der Waals surface area contributed by atoms with Gasteiger partial charge in [-0.05, 0) is 43.7 Å². The lowest BCUT2D eigenvalue weighted by Crippen LogP contribution is -2.31. The molecule has 0 aliphatic heterocycles. The molecule has 0 radical (unpaired) electrons. The predicted molar refractivity (Wildman–Crippen MR) is 110 cm³/mol. The summed E-state index contributed by atoms with van der Waals surface area (Å²) in [6.45, 7) is 3.34. The van der Waals surface area contributed by atoms with Gasteiger partial charge in [-0.1, -0.05) is 6.07 Å². The van der Waals surface area contributed by atoms with E-state index in [9.17, 15) is 22.8 Å². The molecule has 0 unspecified atom stereocenters. The van der Waals surface area contributed by atoms with Crippen LogP contribution in [0.2, 0.25) is 0 Å². The first-order valence-electron chi connectivity index (χ1n) is 9.36. The van der Waals surface area contributed by atoms with Crippen molar-refractivity contribution in [2.75, 3.05) is 26.9 Å². The number of hydrogen-bond donors (Lipinski definition) is 2. The highest BCUT2D eigenvalue weighted by atomic mass is 32.2. The number of hydrogen-bond acceptors (Lipinski definition) is 8. The van der Waals surface area contributed by atoms with Crippen molar-refractivity contribution in [3.63, 3.8) is 0 Å². The predicted octanol–water partition coefficient (Wildman–Crippen LogP) is 1.14. The van der Waals surface area contributed by atoms with Crippen molar-refractivity contribution in [2.24, 2.45) is 0 Å². The molecule has 0 bridgehead atoms. The molecule has 31 heavy (non-hydrogen) atoms. The second-order valence-electron chi connectivity index (χ2n) is 6.19. The van der Waals surface area contributed by atoms with Crippen LogP contribution in [0.15, 0.2) is 47.5 Å². The minimum atomic E-state index is -4.25. The van der Waals surface area contributed by atoms with Crippen LogP contribution in [0.4, 0.5) is 0 Å². The molecule has 0 aliphatic rings. The van der Waals surface area contributed by atoms with E-state index in [4.69, 9.17) is 4.74 Å². The summed E-state index contributed by atoms with van der Waals surface area (Å²) in [6, 6.07) is 7.79. The second kappa shape index (κ2) is 11.2. The second-order valence-corrected chi connectivity index (χ2v) is 7.87. The Morgan fingerprint density at radius 3 is 2.48 bits per heavy atom. The average Bonchev–Trinajstić information content (AvgIpc) is 2.78. The molecule has 2 amide bonds. The Labute approximate surface area is 180 Å². The number of benzene rings is 1. The zero-order valence-corrected chi connectivity index (χ0v) is 17.9. The Morgan fingerprint density at radius 1 is 1.06 bits per heavy atom. The van der Waals surface area contributed by atoms with E-state index in [1.807, 2.05) is 11.6 Å². The normalized spacial score (nSPS) is 10.9. The number of pyridine rings is 1. The van der Waals surface area contributed by atoms with Gasteiger partial charge in [0, 0.05) is 31.5 Å². The quantitative estimate of drug-likeness (QED) is 0.406. The van der Waals surface area contributed by atoms with Crippen LogP contribution in [0.3, 0.4) is 0 Å². The first-order valence-corrected chi connectivity index (χ1v) is 10.8. The number of ether oxygens (including phenoxy) is 2. The lowest BCUT2D eigenvalue weighted by atomic mass is 10.2. The van der Waals surface area contributed by atoms with Crippen molar-refractivity contribution in [2.45, 2.75) is 18.2 Å². The molecule has 2 N–H and O–H groups in total. The molecule has 1 aromatic heterocycles. The van der Waals surface area contributed by atoms with Gasteiger partial charge in [-0.25, -0.2) is 22.9 Å². The molecule has 0 aliphatic carbocycles. The fraction of sp³-hybridized carbons (Fsp3) is 0.300. The third kappa shape index (κ3) is 6.86. The number of amides is 2. The molecule has 0 fully saturated rings. The third-order valence-corrected chi connectivity index (χ3v) is 5.34. The summed E-state index contributed by atoms with van der Waals surface area (Å²) < 4.78 is 36.7. The van der Waals surface area contributed by atoms with Gasteiger partial charge in [-0.15, -0.1) is 0 Å². The van der Waals surface area contributed by atoms with Gasteiger partial charge in [0.05, 0.1) is 17.6 Å². The largest absolute Gasteiger partial charge is 0.464 e. The standard InChI is InChI=1S/C20H23N3O7S/c1-3-30-11-5-10-21-18(24)14-6-4-7-16(12-14)31(27,28)23-19(25)15-8-9-17(22-13-15)20(26)29-2/h4,6-9,12-13H,3,5,10-11H2,1-2H3,(H,21,24)(H,23,25). The van der Waals surface area contributed by atoms with E-state index in [0.717, 1.165) is 6.20 Å². The van der Waals surface area contributed by atoms with E-state index in [1.54, 1.807) is 0 Å². The van der Waals surface area contributed by atoms with Crippen molar-refractivity contribution in [3.8, 4) is 0 Å². The topological polar surface area (TPSA) is 141 Å². The van der Waals surface area contributed by atoms with Gasteiger partial charge in [0.15, 0.2) is 0 Å². The number of aromatic nitrogens is 1. The smallest absolute Gasteiger partial charge is 0.356 e. The van der Waals surface area contributed by atoms with Crippen molar-refractivity contribution in [3.05, 3.63) is 59.4 Å². The van der Waals surface area contributed by atoms with Gasteiger partial charge in [0.25, 0.3) is 21.8 Å². The highest BCUT2D eigenvalue weighted by Crippen LogP contribution is 2.13. The van der Waals surface area contributed by atoms with E-state index < -0.39 is 27.8 Å². The van der Waals surface area contributed by atoms with E-state index >= 15 is 0 Å². The molecule has 2 aromatic rings. The number of sulfonamides is 1. The van der Waals surface area contributed by atoms with Crippen LogP contribution in [-0.2, 0) is 19.5 Å². The molecule has 0 spiro atoms. The Kier molecular flexibility index (Phi) is 8.64. The highest BCUT2D eigenvalue weighted by molar-refractivity contribution is 7.90. The van der Waals surface area contributed by atoms with Gasteiger partial charge in [0.2, 0.25) is 0 Å². The average molecular weight is 449 g/mol. The summed E-state index contributed by atoms with van der Waals surface area (Å²) in [4.78, 5) is 39.4. The van der Waals surface area contributed by atoms with E-state index in [2.05, 4.69) is 15.0 Å². The van der Waals surface area contributed by atoms with E-state index in [0.29, 0.717) is 26.2 Å². The number of carbonyl (C=O) groups is 3. The maximum Gasteiger partial charge on any atom is 0.356 e. The fourth-order valence-corrected chi connectivity index (χ4v) is 3.44. The van der Waals surface area contributed by atoms with Crippen LogP contribution in [0.1, 0.15) is 44.5 Å². The van der Waals surface area contributed by atoms with Crippen LogP contribution in [0, 0.1) is 0 Å². The maximum atomic E-state index is 12.6. The summed E-state index contributed by atoms with van der Waals surface area (Å²) in [7, 11) is -3.06. The summed E-state index contributed by atoms with van der Waals surface area (Å²) >= 11 is 0. The van der Waals surface area contributed by atoms with Gasteiger partial charge < -0.3 is 14.8 Å². The minimum Gasteiger partial charge on any atom is -0.464 e. The summed E-state index contributed by atoms with van der Waals surface area (Å²) in [5, 5.41) is 2.68.